The van der Waals surface area contributed by atoms with Crippen molar-refractivity contribution in [2.45, 2.75) is 0 Å². The van der Waals surface area contributed by atoms with Gasteiger partial charge in [-0.2, -0.15) is 0 Å². The van der Waals surface area contributed by atoms with E-state index in [2.05, 4.69) is 4.99 Å². The Morgan fingerprint density at radius 3 is 2.00 bits per heavy atom. The van der Waals surface area contributed by atoms with Gasteiger partial charge in [-0.3, -0.25) is 20.2 Å². The van der Waals surface area contributed by atoms with Gasteiger partial charge in [0.2, 0.25) is 0 Å². The first kappa shape index (κ1) is 11.3. The number of halogens is 1. The predicted octanol–water partition coefficient (Wildman–Crippen LogP) is 0.778. The lowest BCUT2D eigenvalue weighted by molar-refractivity contribution is -0.119. The number of hydrogen-bond acceptors (Lipinski definition) is 4. The second-order valence-electron chi connectivity index (χ2n) is 3.17. The van der Waals surface area contributed by atoms with Gasteiger partial charge in [-0.05, 0) is 24.3 Å². The zero-order chi connectivity index (χ0) is 12.4. The summed E-state index contributed by atoms with van der Waals surface area (Å²) in [7, 11) is 0. The molecule has 1 aliphatic rings. The fourth-order valence-corrected chi connectivity index (χ4v) is 1.33. The minimum atomic E-state index is -0.852. The topological polar surface area (TPSA) is 87.6 Å². The number of nitrogens with zero attached hydrogens (tertiary/aromatic N) is 1. The molecule has 2 N–H and O–H groups in total. The van der Waals surface area contributed by atoms with Gasteiger partial charge in [-0.25, -0.2) is 9.79 Å². The van der Waals surface area contributed by atoms with Crippen LogP contribution in [0.5, 0.6) is 0 Å². The van der Waals surface area contributed by atoms with Crippen molar-refractivity contribution in [3.63, 3.8) is 0 Å². The van der Waals surface area contributed by atoms with Crippen molar-refractivity contribution in [1.82, 2.24) is 10.6 Å². The minimum Gasteiger partial charge on any atom is -0.272 e. The normalized spacial score (nSPS) is 15.4. The summed E-state index contributed by atoms with van der Waals surface area (Å²) < 4.78 is 0. The zero-order valence-corrected chi connectivity index (χ0v) is 9.12. The van der Waals surface area contributed by atoms with Gasteiger partial charge < -0.3 is 0 Å². The molecule has 7 heteroatoms. The molecule has 1 heterocycles. The Morgan fingerprint density at radius 1 is 0.941 bits per heavy atom. The number of hydrogen-bond donors (Lipinski definition) is 2. The zero-order valence-electron chi connectivity index (χ0n) is 8.36. The number of carbonyl (C=O) groups excluding carboxylic acids is 3. The average Bonchev–Trinajstić information content (AvgIpc) is 2.26. The Morgan fingerprint density at radius 2 is 1.47 bits per heavy atom. The molecule has 0 atom stereocenters. The Kier molecular flexibility index (Phi) is 2.88. The maximum atomic E-state index is 11.3. The van der Waals surface area contributed by atoms with Gasteiger partial charge in [0.1, 0.15) is 0 Å². The fourth-order valence-electron chi connectivity index (χ4n) is 1.21. The molecule has 1 aromatic rings. The van der Waals surface area contributed by atoms with E-state index in [9.17, 15) is 14.4 Å². The SMILES string of the molecule is O=C1NC(=O)C(=Nc2ccc(Cl)cc2)C(=O)N1. The molecule has 0 bridgehead atoms. The first-order chi connectivity index (χ1) is 8.06. The van der Waals surface area contributed by atoms with Crippen LogP contribution < -0.4 is 10.6 Å². The molecular weight excluding hydrogens is 246 g/mol. The number of benzene rings is 1. The van der Waals surface area contributed by atoms with E-state index in [4.69, 9.17) is 11.6 Å². The maximum Gasteiger partial charge on any atom is 0.328 e. The summed E-state index contributed by atoms with van der Waals surface area (Å²) in [5.74, 6) is -1.65. The van der Waals surface area contributed by atoms with E-state index >= 15 is 0 Å². The second kappa shape index (κ2) is 4.34. The van der Waals surface area contributed by atoms with Gasteiger partial charge >= 0.3 is 6.03 Å². The van der Waals surface area contributed by atoms with Gasteiger partial charge in [0.05, 0.1) is 5.69 Å². The number of rotatable bonds is 1. The highest BCUT2D eigenvalue weighted by atomic mass is 35.5. The number of carbonyl (C=O) groups is 3. The average molecular weight is 252 g/mol. The van der Waals surface area contributed by atoms with Crippen LogP contribution in [0.2, 0.25) is 5.02 Å². The highest BCUT2D eigenvalue weighted by Crippen LogP contribution is 2.16. The van der Waals surface area contributed by atoms with E-state index in [0.717, 1.165) is 0 Å². The van der Waals surface area contributed by atoms with Gasteiger partial charge in [-0.15, -0.1) is 0 Å². The number of urea groups is 1. The lowest BCUT2D eigenvalue weighted by atomic mass is 10.2. The quantitative estimate of drug-likeness (QED) is 0.773. The monoisotopic (exact) mass is 251 g/mol. The standard InChI is InChI=1S/C10H6ClN3O3/c11-5-1-3-6(4-2-5)12-7-8(15)13-10(17)14-9(7)16/h1-4H,(H2,13,14,15,16,17). The molecule has 4 amide bonds. The summed E-state index contributed by atoms with van der Waals surface area (Å²) in [5.41, 5.74) is 0.0240. The summed E-state index contributed by atoms with van der Waals surface area (Å²) in [6.45, 7) is 0. The molecule has 1 fully saturated rings. The van der Waals surface area contributed by atoms with E-state index in [0.29, 0.717) is 10.7 Å². The highest BCUT2D eigenvalue weighted by molar-refractivity contribution is 6.69. The summed E-state index contributed by atoms with van der Waals surface area (Å²) in [4.78, 5) is 37.3. The lowest BCUT2D eigenvalue weighted by Gasteiger charge is -2.12. The molecule has 1 aliphatic heterocycles. The summed E-state index contributed by atoms with van der Waals surface area (Å²) in [6, 6.07) is 5.39. The molecule has 17 heavy (non-hydrogen) atoms. The van der Waals surface area contributed by atoms with E-state index < -0.39 is 17.8 Å². The number of barbiturate groups is 1. The van der Waals surface area contributed by atoms with Crippen LogP contribution in [0.15, 0.2) is 29.3 Å². The summed E-state index contributed by atoms with van der Waals surface area (Å²) in [5, 5.41) is 4.36. The molecular formula is C10H6ClN3O3. The molecule has 0 radical (unpaired) electrons. The van der Waals surface area contributed by atoms with Gasteiger partial charge in [0.25, 0.3) is 11.8 Å². The smallest absolute Gasteiger partial charge is 0.272 e. The van der Waals surface area contributed by atoms with Crippen LogP contribution in [-0.4, -0.2) is 23.6 Å². The number of nitrogens with one attached hydrogen (secondary N) is 2. The Labute approximate surface area is 101 Å². The van der Waals surface area contributed by atoms with Crippen molar-refractivity contribution >= 4 is 40.8 Å². The van der Waals surface area contributed by atoms with Gasteiger partial charge in [0.15, 0.2) is 5.71 Å². The fraction of sp³-hybridized carbons (Fsp3) is 0. The molecule has 1 saturated heterocycles. The van der Waals surface area contributed by atoms with E-state index in [1.165, 1.54) is 0 Å². The van der Waals surface area contributed by atoms with Crippen LogP contribution in [0, 0.1) is 0 Å². The van der Waals surface area contributed by atoms with Crippen molar-refractivity contribution in [3.8, 4) is 0 Å². The van der Waals surface area contributed by atoms with Crippen molar-refractivity contribution in [2.24, 2.45) is 4.99 Å². The molecule has 86 valence electrons. The molecule has 0 unspecified atom stereocenters. The van der Waals surface area contributed by atoms with Crippen molar-refractivity contribution < 1.29 is 14.4 Å². The van der Waals surface area contributed by atoms with E-state index in [1.807, 2.05) is 10.6 Å². The first-order valence-electron chi connectivity index (χ1n) is 4.57. The minimum absolute atomic E-state index is 0.369. The largest absolute Gasteiger partial charge is 0.328 e. The summed E-state index contributed by atoms with van der Waals surface area (Å²) in [6.07, 6.45) is 0. The number of aliphatic imine (C=N–C) groups is 1. The van der Waals surface area contributed by atoms with Crippen molar-refractivity contribution in [3.05, 3.63) is 29.3 Å². The maximum absolute atomic E-state index is 11.3. The molecule has 2 rings (SSSR count). The third-order valence-corrected chi connectivity index (χ3v) is 2.20. The molecule has 1 aromatic carbocycles. The third kappa shape index (κ3) is 2.48. The molecule has 6 nitrogen and oxygen atoms in total. The molecule has 0 aliphatic carbocycles. The van der Waals surface area contributed by atoms with Gasteiger partial charge in [0, 0.05) is 5.02 Å². The Balaban J connectivity index is 2.32. The van der Waals surface area contributed by atoms with Crippen LogP contribution in [-0.2, 0) is 9.59 Å². The van der Waals surface area contributed by atoms with Crippen LogP contribution in [0.1, 0.15) is 0 Å². The first-order valence-corrected chi connectivity index (χ1v) is 4.95. The van der Waals surface area contributed by atoms with Crippen LogP contribution in [0.3, 0.4) is 0 Å². The van der Waals surface area contributed by atoms with E-state index in [-0.39, 0.29) is 5.71 Å². The van der Waals surface area contributed by atoms with Gasteiger partial charge in [-0.1, -0.05) is 11.6 Å². The lowest BCUT2D eigenvalue weighted by Crippen LogP contribution is -2.56. The Bertz CT molecular complexity index is 514. The van der Waals surface area contributed by atoms with Crippen molar-refractivity contribution in [1.29, 1.82) is 0 Å². The second-order valence-corrected chi connectivity index (χ2v) is 3.61. The molecule has 0 saturated carbocycles. The predicted molar refractivity (Wildman–Crippen MR) is 60.2 cm³/mol. The third-order valence-electron chi connectivity index (χ3n) is 1.95. The summed E-state index contributed by atoms with van der Waals surface area (Å²) >= 11 is 5.68. The number of amides is 4. The van der Waals surface area contributed by atoms with Crippen LogP contribution in [0.4, 0.5) is 10.5 Å². The number of imide groups is 2. The highest BCUT2D eigenvalue weighted by Gasteiger charge is 2.29. The van der Waals surface area contributed by atoms with Crippen LogP contribution in [0.25, 0.3) is 0 Å². The molecule has 0 spiro atoms. The molecule has 0 aromatic heterocycles. The van der Waals surface area contributed by atoms with Crippen LogP contribution >= 0.6 is 11.6 Å². The van der Waals surface area contributed by atoms with E-state index in [1.54, 1.807) is 24.3 Å². The Hall–Kier alpha value is -2.21. The van der Waals surface area contributed by atoms with Crippen molar-refractivity contribution in [2.75, 3.05) is 0 Å².